The lowest BCUT2D eigenvalue weighted by Crippen LogP contribution is -2.44. The van der Waals surface area contributed by atoms with Crippen molar-refractivity contribution in [1.82, 2.24) is 19.5 Å². The number of ether oxygens (including phenoxy) is 2. The van der Waals surface area contributed by atoms with E-state index in [9.17, 15) is 13.2 Å². The summed E-state index contributed by atoms with van der Waals surface area (Å²) >= 11 is 6.36. The predicted octanol–water partition coefficient (Wildman–Crippen LogP) is 5.99. The van der Waals surface area contributed by atoms with Crippen molar-refractivity contribution < 1.29 is 22.7 Å². The van der Waals surface area contributed by atoms with E-state index in [0.717, 1.165) is 69.3 Å². The molecule has 12 heteroatoms. The van der Waals surface area contributed by atoms with Gasteiger partial charge in [0.1, 0.15) is 25.3 Å². The number of aryl methyl sites for hydroxylation is 2. The third kappa shape index (κ3) is 7.28. The molecule has 2 aliphatic heterocycles. The fourth-order valence-electron chi connectivity index (χ4n) is 7.89. The number of fused-ring (bicyclic) bond motifs is 4. The van der Waals surface area contributed by atoms with Crippen LogP contribution in [0, 0.1) is 17.8 Å². The van der Waals surface area contributed by atoms with Crippen LogP contribution in [0.25, 0.3) is 0 Å². The smallest absolute Gasteiger partial charge is 0.264 e. The molecule has 2 fully saturated rings. The molecule has 0 radical (unpaired) electrons. The second kappa shape index (κ2) is 14.2. The zero-order valence-corrected chi connectivity index (χ0v) is 29.0. The first-order chi connectivity index (χ1) is 23.2. The Balaban J connectivity index is 1.24. The number of rotatable bonds is 3. The normalized spacial score (nSPS) is 28.0. The number of anilines is 1. The molecule has 0 saturated heterocycles. The van der Waals surface area contributed by atoms with Crippen LogP contribution < -0.4 is 14.4 Å². The first-order valence-corrected chi connectivity index (χ1v) is 19.1. The summed E-state index contributed by atoms with van der Waals surface area (Å²) < 4.78 is 44.4. The molecule has 1 aromatic heterocycles. The van der Waals surface area contributed by atoms with E-state index in [4.69, 9.17) is 21.1 Å². The molecular formula is C36H44ClN5O5S. The quantitative estimate of drug-likeness (QED) is 0.333. The van der Waals surface area contributed by atoms with Gasteiger partial charge in [0.05, 0.1) is 17.0 Å². The molecule has 10 nitrogen and oxygen atoms in total. The molecule has 5 atom stereocenters. The largest absolute Gasteiger partial charge is 0.487 e. The Hall–Kier alpha value is -3.41. The minimum absolute atomic E-state index is 0.0659. The van der Waals surface area contributed by atoms with Crippen LogP contribution in [0.1, 0.15) is 78.7 Å². The highest BCUT2D eigenvalue weighted by Crippen LogP contribution is 2.42. The van der Waals surface area contributed by atoms with Gasteiger partial charge in [0.2, 0.25) is 10.0 Å². The lowest BCUT2D eigenvalue weighted by atomic mass is 9.70. The van der Waals surface area contributed by atoms with Crippen LogP contribution in [0.15, 0.2) is 54.9 Å². The monoisotopic (exact) mass is 693 g/mol. The maximum Gasteiger partial charge on any atom is 0.264 e. The van der Waals surface area contributed by atoms with Crippen LogP contribution in [0.2, 0.25) is 5.02 Å². The van der Waals surface area contributed by atoms with Crippen molar-refractivity contribution in [2.75, 3.05) is 18.0 Å². The molecule has 0 spiro atoms. The van der Waals surface area contributed by atoms with E-state index in [1.807, 2.05) is 37.4 Å². The van der Waals surface area contributed by atoms with Crippen molar-refractivity contribution in [3.8, 4) is 5.75 Å². The van der Waals surface area contributed by atoms with Crippen molar-refractivity contribution in [2.45, 2.75) is 82.4 Å². The third-order valence-electron chi connectivity index (χ3n) is 10.6. The van der Waals surface area contributed by atoms with Crippen molar-refractivity contribution >= 4 is 33.2 Å². The Morgan fingerprint density at radius 1 is 1.04 bits per heavy atom. The van der Waals surface area contributed by atoms with E-state index in [2.05, 4.69) is 31.9 Å². The summed E-state index contributed by atoms with van der Waals surface area (Å²) in [5.74, 6) is 1.28. The maximum atomic E-state index is 13.6. The van der Waals surface area contributed by atoms with Crippen molar-refractivity contribution in [2.24, 2.45) is 24.8 Å². The van der Waals surface area contributed by atoms with Gasteiger partial charge in [-0.15, -0.1) is 0 Å². The van der Waals surface area contributed by atoms with E-state index in [1.165, 1.54) is 5.56 Å². The number of benzene rings is 2. The Bertz CT molecular complexity index is 1780. The average molecular weight is 694 g/mol. The first kappa shape index (κ1) is 33.1. The van der Waals surface area contributed by atoms with Gasteiger partial charge in [0.15, 0.2) is 5.82 Å². The van der Waals surface area contributed by atoms with Gasteiger partial charge < -0.3 is 14.4 Å². The van der Waals surface area contributed by atoms with Gasteiger partial charge in [-0.3, -0.25) is 9.48 Å². The van der Waals surface area contributed by atoms with Gasteiger partial charge in [-0.2, -0.15) is 5.10 Å². The van der Waals surface area contributed by atoms with Crippen LogP contribution in [-0.4, -0.2) is 53.5 Å². The van der Waals surface area contributed by atoms with E-state index in [0.29, 0.717) is 54.1 Å². The standard InChI is InChI=1S/C36H44ClN5O5S/c1-41-23-38-35(39-41)22-47-32-9-4-7-24-8-5-10-34(24)48(44,45)40-36(43)26-13-16-33-31(19-26)42(20-27-12-15-30(27)32)17-3-2-6-25-18-29(37)14-11-28(25)21-46-33/h4,9,11,13-14,16,18-19,23-24,27,30,32,34H,2-3,5-8,10,12,15,17,20-22H2,1H3,(H,40,43)/b9-4+/t24-,27+,30-,32+,34-/m1/s1. The molecule has 3 heterocycles. The summed E-state index contributed by atoms with van der Waals surface area (Å²) in [4.78, 5) is 20.3. The number of sulfonamides is 1. The minimum atomic E-state index is -3.89. The Morgan fingerprint density at radius 2 is 1.94 bits per heavy atom. The number of nitrogens with one attached hydrogen (secondary N) is 1. The number of aromatic nitrogens is 3. The van der Waals surface area contributed by atoms with Gasteiger partial charge >= 0.3 is 0 Å². The fourth-order valence-corrected chi connectivity index (χ4v) is 9.84. The zero-order valence-electron chi connectivity index (χ0n) is 27.4. The summed E-state index contributed by atoms with van der Waals surface area (Å²) in [7, 11) is -2.05. The minimum Gasteiger partial charge on any atom is -0.487 e. The van der Waals surface area contributed by atoms with Gasteiger partial charge in [-0.05, 0) is 111 Å². The van der Waals surface area contributed by atoms with Crippen LogP contribution in [-0.2, 0) is 41.4 Å². The van der Waals surface area contributed by atoms with Crippen molar-refractivity contribution in [1.29, 1.82) is 0 Å². The summed E-state index contributed by atoms with van der Waals surface area (Å²) in [6, 6.07) is 11.2. The van der Waals surface area contributed by atoms with Crippen LogP contribution in [0.4, 0.5) is 5.69 Å². The predicted molar refractivity (Wildman–Crippen MR) is 184 cm³/mol. The molecule has 3 aromatic rings. The van der Waals surface area contributed by atoms with Gasteiger partial charge in [0.25, 0.3) is 5.91 Å². The van der Waals surface area contributed by atoms with Gasteiger partial charge in [-0.1, -0.05) is 36.2 Å². The Labute approximate surface area is 287 Å². The van der Waals surface area contributed by atoms with Crippen LogP contribution in [0.5, 0.6) is 5.75 Å². The second-order valence-electron chi connectivity index (χ2n) is 13.8. The van der Waals surface area contributed by atoms with Crippen molar-refractivity contribution in [3.05, 3.63) is 82.4 Å². The highest BCUT2D eigenvalue weighted by Gasteiger charge is 2.40. The fraction of sp³-hybridized carbons (Fsp3) is 0.528. The zero-order chi connectivity index (χ0) is 33.3. The lowest BCUT2D eigenvalue weighted by Gasteiger charge is -2.44. The Kier molecular flexibility index (Phi) is 9.80. The van der Waals surface area contributed by atoms with Crippen LogP contribution >= 0.6 is 11.6 Å². The number of amides is 1. The number of carbonyl (C=O) groups is 1. The topological polar surface area (TPSA) is 116 Å². The van der Waals surface area contributed by atoms with E-state index in [1.54, 1.807) is 17.1 Å². The molecule has 2 aliphatic carbocycles. The van der Waals surface area contributed by atoms with Gasteiger partial charge in [0, 0.05) is 30.7 Å². The molecule has 256 valence electrons. The SMILES string of the molecule is Cn1cnc(CO[C@H]2/C=C/C[C@@H]3CCC[C@H]3S(=O)(=O)NC(=O)c3ccc4c(c3)N(CCCCc3cc(Cl)ccc3CO4)C[C@@H]3CC[C@H]32)n1. The number of nitrogens with zero attached hydrogens (tertiary/aromatic N) is 4. The number of carbonyl (C=O) groups excluding carboxylic acids is 1. The molecule has 2 bridgehead atoms. The van der Waals surface area contributed by atoms with E-state index in [-0.39, 0.29) is 17.9 Å². The third-order valence-corrected chi connectivity index (χ3v) is 12.8. The summed E-state index contributed by atoms with van der Waals surface area (Å²) in [6.45, 7) is 2.20. The second-order valence-corrected chi connectivity index (χ2v) is 16.1. The molecule has 4 aliphatic rings. The molecule has 2 aromatic carbocycles. The average Bonchev–Trinajstić information content (AvgIpc) is 3.70. The highest BCUT2D eigenvalue weighted by atomic mass is 35.5. The van der Waals surface area contributed by atoms with E-state index < -0.39 is 21.2 Å². The maximum absolute atomic E-state index is 13.6. The summed E-state index contributed by atoms with van der Waals surface area (Å²) in [6.07, 6.45) is 13.4. The summed E-state index contributed by atoms with van der Waals surface area (Å²) in [5, 5.41) is 4.50. The summed E-state index contributed by atoms with van der Waals surface area (Å²) in [5.41, 5.74) is 3.38. The molecule has 2 saturated carbocycles. The number of halogens is 1. The van der Waals surface area contributed by atoms with Crippen LogP contribution in [0.3, 0.4) is 0 Å². The van der Waals surface area contributed by atoms with E-state index >= 15 is 0 Å². The van der Waals surface area contributed by atoms with Crippen molar-refractivity contribution in [3.63, 3.8) is 0 Å². The molecular weight excluding hydrogens is 650 g/mol. The Morgan fingerprint density at radius 3 is 2.75 bits per heavy atom. The lowest BCUT2D eigenvalue weighted by molar-refractivity contribution is -0.0247. The number of hydrogen-bond acceptors (Lipinski definition) is 8. The number of hydrogen-bond donors (Lipinski definition) is 1. The number of allylic oxidation sites excluding steroid dienone is 1. The van der Waals surface area contributed by atoms with Gasteiger partial charge in [-0.25, -0.2) is 18.1 Å². The molecule has 1 N–H and O–H groups in total. The molecule has 1 amide bonds. The molecule has 48 heavy (non-hydrogen) atoms. The highest BCUT2D eigenvalue weighted by molar-refractivity contribution is 7.90. The molecule has 7 rings (SSSR count). The molecule has 0 unspecified atom stereocenters. The first-order valence-electron chi connectivity index (χ1n) is 17.2.